The van der Waals surface area contributed by atoms with Crippen LogP contribution in [0.1, 0.15) is 39.5 Å². The van der Waals surface area contributed by atoms with Gasteiger partial charge in [0.1, 0.15) is 11.6 Å². The van der Waals surface area contributed by atoms with Crippen LogP contribution in [0.25, 0.3) is 11.3 Å². The fourth-order valence-corrected chi connectivity index (χ4v) is 6.30. The van der Waals surface area contributed by atoms with Gasteiger partial charge in [0.15, 0.2) is 0 Å². The number of nitrogens with one attached hydrogen (secondary N) is 2. The Kier molecular flexibility index (Phi) is 9.29. The monoisotopic (exact) mass is 569 g/mol. The molecule has 0 saturated carbocycles. The van der Waals surface area contributed by atoms with E-state index < -0.39 is 21.2 Å². The second-order valence-corrected chi connectivity index (χ2v) is 13.1. The fraction of sp³-hybridized carbons (Fsp3) is 0.560. The van der Waals surface area contributed by atoms with E-state index in [0.29, 0.717) is 58.2 Å². The minimum absolute atomic E-state index is 0.154. The lowest BCUT2D eigenvalue weighted by molar-refractivity contribution is -0.120. The number of ether oxygens (including phenoxy) is 1. The van der Waals surface area contributed by atoms with E-state index in [1.54, 1.807) is 26.0 Å². The summed E-state index contributed by atoms with van der Waals surface area (Å²) in [6.45, 7) is 6.21. The summed E-state index contributed by atoms with van der Waals surface area (Å²) < 4.78 is 32.0. The molecule has 2 aliphatic rings. The van der Waals surface area contributed by atoms with Gasteiger partial charge in [-0.15, -0.1) is 0 Å². The van der Waals surface area contributed by atoms with Crippen molar-refractivity contribution in [2.75, 3.05) is 43.5 Å². The van der Waals surface area contributed by atoms with E-state index in [1.807, 2.05) is 6.07 Å². The van der Waals surface area contributed by atoms with Gasteiger partial charge in [-0.3, -0.25) is 4.79 Å². The van der Waals surface area contributed by atoms with Gasteiger partial charge in [0, 0.05) is 44.6 Å². The summed E-state index contributed by atoms with van der Waals surface area (Å²) in [7, 11) is -3.42. The third-order valence-electron chi connectivity index (χ3n) is 6.83. The van der Waals surface area contributed by atoms with Gasteiger partial charge in [-0.25, -0.2) is 22.7 Å². The molecule has 0 spiro atoms. The predicted octanol–water partition coefficient (Wildman–Crippen LogP) is 4.68. The Morgan fingerprint density at radius 1 is 1.16 bits per heavy atom. The van der Waals surface area contributed by atoms with Crippen molar-refractivity contribution in [2.24, 2.45) is 11.8 Å². The van der Waals surface area contributed by atoms with Gasteiger partial charge < -0.3 is 15.4 Å². The molecule has 2 aromatic heterocycles. The Labute approximate surface area is 228 Å². The van der Waals surface area contributed by atoms with Crippen LogP contribution in [0.15, 0.2) is 24.4 Å². The summed E-state index contributed by atoms with van der Waals surface area (Å²) in [4.78, 5) is 22.0. The van der Waals surface area contributed by atoms with Crippen LogP contribution < -0.4 is 10.6 Å². The van der Waals surface area contributed by atoms with Crippen LogP contribution in [0.3, 0.4) is 0 Å². The number of piperidine rings is 1. The van der Waals surface area contributed by atoms with Gasteiger partial charge in [0.25, 0.3) is 0 Å². The number of halogens is 2. The summed E-state index contributed by atoms with van der Waals surface area (Å²) in [5.41, 5.74) is 1.02. The highest BCUT2D eigenvalue weighted by Gasteiger charge is 2.34. The Hall–Kier alpha value is -1.98. The second kappa shape index (κ2) is 12.3. The Balaban J connectivity index is 1.47. The molecule has 4 rings (SSSR count). The van der Waals surface area contributed by atoms with Crippen LogP contribution in [0.5, 0.6) is 0 Å². The summed E-state index contributed by atoms with van der Waals surface area (Å²) in [5, 5.41) is 6.44. The highest BCUT2D eigenvalue weighted by atomic mass is 35.5. The summed E-state index contributed by atoms with van der Waals surface area (Å²) >= 11 is 12.9. The van der Waals surface area contributed by atoms with E-state index >= 15 is 0 Å². The number of aromatic nitrogens is 2. The molecule has 2 N–H and O–H groups in total. The number of amides is 1. The van der Waals surface area contributed by atoms with Crippen LogP contribution in [-0.4, -0.2) is 66.7 Å². The molecule has 2 fully saturated rings. The van der Waals surface area contributed by atoms with Crippen molar-refractivity contribution in [1.29, 1.82) is 0 Å². The van der Waals surface area contributed by atoms with Crippen LogP contribution in [-0.2, 0) is 19.6 Å². The van der Waals surface area contributed by atoms with Crippen LogP contribution in [0, 0.1) is 11.8 Å². The van der Waals surface area contributed by atoms with E-state index in [2.05, 4.69) is 20.6 Å². The lowest BCUT2D eigenvalue weighted by Gasteiger charge is -2.32. The maximum atomic E-state index is 13.0. The Bertz CT molecular complexity index is 1220. The lowest BCUT2D eigenvalue weighted by atomic mass is 9.99. The normalized spacial score (nSPS) is 19.6. The molecule has 0 aliphatic carbocycles. The van der Waals surface area contributed by atoms with Crippen molar-refractivity contribution in [3.05, 3.63) is 34.4 Å². The molecule has 0 bridgehead atoms. The molecule has 4 heterocycles. The van der Waals surface area contributed by atoms with E-state index in [-0.39, 0.29) is 12.5 Å². The van der Waals surface area contributed by atoms with Gasteiger partial charge in [0.05, 0.1) is 26.9 Å². The molecule has 0 unspecified atom stereocenters. The average Bonchev–Trinajstić information content (AvgIpc) is 2.90. The molecular weight excluding hydrogens is 537 g/mol. The van der Waals surface area contributed by atoms with Crippen molar-refractivity contribution in [2.45, 2.75) is 44.8 Å². The summed E-state index contributed by atoms with van der Waals surface area (Å²) in [6.07, 6.45) is 4.69. The van der Waals surface area contributed by atoms with Crippen LogP contribution in [0.4, 0.5) is 11.6 Å². The Morgan fingerprint density at radius 2 is 1.92 bits per heavy atom. The molecule has 12 heteroatoms. The smallest absolute Gasteiger partial charge is 0.229 e. The number of carbonyl (C=O) groups is 1. The SMILES string of the molecule is CC(C)S(=O)(=O)N1CCC[C@H](C(=O)Nc2cc(-c3nc(NCC4CCOCC4)ccc3Cl)c(Cl)cn2)C1. The second-order valence-electron chi connectivity index (χ2n) is 9.79. The zero-order valence-corrected chi connectivity index (χ0v) is 23.4. The molecule has 202 valence electrons. The third kappa shape index (κ3) is 6.92. The van der Waals surface area contributed by atoms with Crippen molar-refractivity contribution in [3.8, 4) is 11.3 Å². The van der Waals surface area contributed by atoms with Crippen molar-refractivity contribution >= 4 is 50.8 Å². The van der Waals surface area contributed by atoms with E-state index in [4.69, 9.17) is 27.9 Å². The van der Waals surface area contributed by atoms with Crippen molar-refractivity contribution < 1.29 is 17.9 Å². The predicted molar refractivity (Wildman–Crippen MR) is 147 cm³/mol. The molecule has 0 aromatic carbocycles. The molecule has 2 aromatic rings. The molecule has 1 amide bonds. The first-order valence-electron chi connectivity index (χ1n) is 12.6. The molecule has 0 radical (unpaired) electrons. The number of hydrogen-bond acceptors (Lipinski definition) is 7. The first-order chi connectivity index (χ1) is 17.6. The number of anilines is 2. The largest absolute Gasteiger partial charge is 0.381 e. The van der Waals surface area contributed by atoms with Gasteiger partial charge >= 0.3 is 0 Å². The van der Waals surface area contributed by atoms with Crippen molar-refractivity contribution in [3.63, 3.8) is 0 Å². The lowest BCUT2D eigenvalue weighted by Crippen LogP contribution is -2.46. The molecule has 9 nitrogen and oxygen atoms in total. The number of pyridine rings is 2. The molecule has 1 atom stereocenters. The molecule has 2 saturated heterocycles. The minimum atomic E-state index is -3.42. The van der Waals surface area contributed by atoms with Gasteiger partial charge in [-0.05, 0) is 63.6 Å². The maximum Gasteiger partial charge on any atom is 0.229 e. The van der Waals surface area contributed by atoms with Gasteiger partial charge in [-0.2, -0.15) is 0 Å². The topological polar surface area (TPSA) is 114 Å². The highest BCUT2D eigenvalue weighted by molar-refractivity contribution is 7.89. The van der Waals surface area contributed by atoms with E-state index in [0.717, 1.165) is 32.6 Å². The van der Waals surface area contributed by atoms with Gasteiger partial charge in [-0.1, -0.05) is 23.2 Å². The van der Waals surface area contributed by atoms with Crippen LogP contribution >= 0.6 is 23.2 Å². The number of nitrogens with zero attached hydrogens (tertiary/aromatic N) is 3. The molecule has 2 aliphatic heterocycles. The first kappa shape index (κ1) is 28.0. The maximum absolute atomic E-state index is 13.0. The van der Waals surface area contributed by atoms with Crippen molar-refractivity contribution in [1.82, 2.24) is 14.3 Å². The van der Waals surface area contributed by atoms with E-state index in [9.17, 15) is 13.2 Å². The number of hydrogen-bond donors (Lipinski definition) is 2. The Morgan fingerprint density at radius 3 is 2.65 bits per heavy atom. The van der Waals surface area contributed by atoms with Gasteiger partial charge in [0.2, 0.25) is 15.9 Å². The third-order valence-corrected chi connectivity index (χ3v) is 9.68. The number of rotatable bonds is 8. The zero-order chi connectivity index (χ0) is 26.6. The van der Waals surface area contributed by atoms with Crippen LogP contribution in [0.2, 0.25) is 10.0 Å². The number of carbonyl (C=O) groups excluding carboxylic acids is 1. The number of sulfonamides is 1. The first-order valence-corrected chi connectivity index (χ1v) is 14.8. The quantitative estimate of drug-likeness (QED) is 0.474. The summed E-state index contributed by atoms with van der Waals surface area (Å²) in [5.74, 6) is 0.745. The van der Waals surface area contributed by atoms with E-state index in [1.165, 1.54) is 10.5 Å². The molecule has 37 heavy (non-hydrogen) atoms. The average molecular weight is 571 g/mol. The molecular formula is C25H33Cl2N5O4S. The standard InChI is InChI=1S/C25H33Cl2N5O4S/c1-16(2)37(34,35)32-9-3-4-18(15-32)25(33)31-23-12-19(21(27)14-29-23)24-20(26)5-6-22(30-24)28-13-17-7-10-36-11-8-17/h5-6,12,14,16-18H,3-4,7-11,13,15H2,1-2H3,(H,28,30)(H,29,31,33)/t18-/m0/s1. The highest BCUT2D eigenvalue weighted by Crippen LogP contribution is 2.34. The zero-order valence-electron chi connectivity index (χ0n) is 21.0. The minimum Gasteiger partial charge on any atom is -0.381 e. The fourth-order valence-electron chi connectivity index (χ4n) is 4.53. The summed E-state index contributed by atoms with van der Waals surface area (Å²) in [6, 6.07) is 5.22.